The first-order valence-electron chi connectivity index (χ1n) is 15.5. The lowest BCUT2D eigenvalue weighted by molar-refractivity contribution is -0.134. The Bertz CT molecular complexity index is 2450. The van der Waals surface area contributed by atoms with Crippen LogP contribution in [-0.4, -0.2) is 58.9 Å². The molecule has 0 aliphatic heterocycles. The summed E-state index contributed by atoms with van der Waals surface area (Å²) in [6, 6.07) is 25.0. The zero-order chi connectivity index (χ0) is 37.7. The lowest BCUT2D eigenvalue weighted by atomic mass is 9.94. The summed E-state index contributed by atoms with van der Waals surface area (Å²) < 4.78 is 34.6. The highest BCUT2D eigenvalue weighted by molar-refractivity contribution is 7.91. The summed E-state index contributed by atoms with van der Waals surface area (Å²) in [6.07, 6.45) is 4.70. The normalized spacial score (nSPS) is 15.3. The molecular formula is C37H26N6O9S. The van der Waals surface area contributed by atoms with Crippen molar-refractivity contribution in [1.29, 1.82) is 0 Å². The van der Waals surface area contributed by atoms with Crippen molar-refractivity contribution < 1.29 is 42.0 Å². The molecule has 6 rings (SSSR count). The van der Waals surface area contributed by atoms with Crippen LogP contribution in [0.4, 0.5) is 22.7 Å². The van der Waals surface area contributed by atoms with E-state index in [0.717, 1.165) is 18.2 Å². The molecule has 4 aromatic carbocycles. The van der Waals surface area contributed by atoms with Gasteiger partial charge < -0.3 is 15.7 Å². The number of carboxylic acids is 1. The molecule has 0 radical (unpaired) electrons. The molecule has 2 aliphatic carbocycles. The molecule has 0 unspecified atom stereocenters. The minimum atomic E-state index is -4.91. The summed E-state index contributed by atoms with van der Waals surface area (Å²) in [7, 11) is -4.91. The van der Waals surface area contributed by atoms with Gasteiger partial charge in [0.2, 0.25) is 5.78 Å². The van der Waals surface area contributed by atoms with E-state index in [4.69, 9.17) is 5.11 Å². The maximum absolute atomic E-state index is 13.4. The van der Waals surface area contributed by atoms with Crippen molar-refractivity contribution in [2.24, 2.45) is 10.2 Å². The molecule has 0 atom stereocenters. The highest BCUT2D eigenvalue weighted by Gasteiger charge is 2.33. The summed E-state index contributed by atoms with van der Waals surface area (Å²) in [5, 5.41) is 22.6. The molecule has 0 saturated heterocycles. The summed E-state index contributed by atoms with van der Waals surface area (Å²) in [5.74, 6) is -3.63. The molecule has 53 heavy (non-hydrogen) atoms. The molecule has 4 aromatic rings. The predicted molar refractivity (Wildman–Crippen MR) is 198 cm³/mol. The van der Waals surface area contributed by atoms with E-state index in [0.29, 0.717) is 33.9 Å². The van der Waals surface area contributed by atoms with E-state index in [-0.39, 0.29) is 16.8 Å². The number of benzene rings is 4. The number of fused-ring (bicyclic) bond motifs is 1. The topological polar surface area (TPSA) is 233 Å². The first-order chi connectivity index (χ1) is 25.4. The lowest BCUT2D eigenvalue weighted by Crippen LogP contribution is -2.27. The molecule has 15 nitrogen and oxygen atoms in total. The molecule has 0 aromatic heterocycles. The van der Waals surface area contributed by atoms with Crippen LogP contribution in [0.25, 0.3) is 6.08 Å². The number of hydrogen-bond donors (Lipinski definition) is 6. The molecule has 0 bridgehead atoms. The van der Waals surface area contributed by atoms with Gasteiger partial charge in [-0.25, -0.2) is 4.79 Å². The number of anilines is 4. The fraction of sp³-hybridized carbons (Fsp3) is 0. The SMILES string of the molecule is O=C(O)C1=C/C(=N/Nc2ccc(C(=O)Nc3ccc(N/N=C4\C(=O)c5ccc(NC(=O)c6ccccc6)cc5C=C4S(=O)(=O)O)cc3)cc2)C=CC1=O. The number of nitrogens with zero attached hydrogens (tertiary/aromatic N) is 2. The van der Waals surface area contributed by atoms with Gasteiger partial charge in [0.1, 0.15) is 10.5 Å². The molecule has 6 N–H and O–H groups in total. The van der Waals surface area contributed by atoms with Crippen LogP contribution in [0.1, 0.15) is 36.6 Å². The fourth-order valence-electron chi connectivity index (χ4n) is 5.04. The Labute approximate surface area is 300 Å². The van der Waals surface area contributed by atoms with Gasteiger partial charge in [-0.1, -0.05) is 18.2 Å². The first kappa shape index (κ1) is 35.5. The van der Waals surface area contributed by atoms with Gasteiger partial charge in [0.05, 0.1) is 17.1 Å². The van der Waals surface area contributed by atoms with Crippen molar-refractivity contribution in [3.05, 3.63) is 148 Å². The third kappa shape index (κ3) is 8.37. The highest BCUT2D eigenvalue weighted by Crippen LogP contribution is 2.28. The summed E-state index contributed by atoms with van der Waals surface area (Å²) in [5.41, 5.74) is 7.05. The number of carbonyl (C=O) groups excluding carboxylic acids is 4. The Morgan fingerprint density at radius 1 is 0.642 bits per heavy atom. The van der Waals surface area contributed by atoms with Crippen molar-refractivity contribution in [2.45, 2.75) is 0 Å². The molecule has 0 fully saturated rings. The number of nitrogens with one attached hydrogen (secondary N) is 4. The molecule has 0 heterocycles. The maximum Gasteiger partial charge on any atom is 0.339 e. The number of rotatable bonds is 10. The maximum atomic E-state index is 13.4. The van der Waals surface area contributed by atoms with Gasteiger partial charge >= 0.3 is 5.97 Å². The number of allylic oxidation sites excluding steroid dienone is 4. The summed E-state index contributed by atoms with van der Waals surface area (Å²) in [4.78, 5) is 60.9. The lowest BCUT2D eigenvalue weighted by Gasteiger charge is -2.17. The standard InChI is InChI=1S/C37H26N6O9S/c44-31-17-15-28(20-30(31)37(48)49)42-40-25-8-6-22(7-9-25)36(47)38-24-10-12-26(13-11-24)41-43-33-32(53(50,51)52)19-23-18-27(14-16-29(23)34(33)45)39-35(46)21-4-2-1-3-5-21/h1-20,40-41H,(H,38,47)(H,39,46)(H,48,49)(H,50,51,52)/b42-28+,43-33-. The number of amides is 2. The van der Waals surface area contributed by atoms with E-state index in [1.165, 1.54) is 60.7 Å². The summed E-state index contributed by atoms with van der Waals surface area (Å²) in [6.45, 7) is 0. The minimum Gasteiger partial charge on any atom is -0.478 e. The number of ketones is 2. The molecule has 2 aliphatic rings. The Balaban J connectivity index is 1.10. The largest absolute Gasteiger partial charge is 0.478 e. The molecule has 0 saturated carbocycles. The second-order valence-electron chi connectivity index (χ2n) is 11.3. The average molecular weight is 731 g/mol. The number of carboxylic acid groups (broad SMARTS) is 1. The molecule has 0 spiro atoms. The zero-order valence-electron chi connectivity index (χ0n) is 27.1. The third-order valence-corrected chi connectivity index (χ3v) is 8.56. The van der Waals surface area contributed by atoms with Crippen LogP contribution in [0.15, 0.2) is 136 Å². The van der Waals surface area contributed by atoms with E-state index in [1.807, 2.05) is 0 Å². The number of hydrazone groups is 2. The van der Waals surface area contributed by atoms with E-state index in [1.54, 1.807) is 42.5 Å². The minimum absolute atomic E-state index is 0.0939. The number of Topliss-reactive ketones (excluding diaryl/α,β-unsaturated/α-hetero) is 1. The van der Waals surface area contributed by atoms with Crippen molar-refractivity contribution in [1.82, 2.24) is 0 Å². The zero-order valence-corrected chi connectivity index (χ0v) is 27.9. The molecular weight excluding hydrogens is 705 g/mol. The van der Waals surface area contributed by atoms with E-state index < -0.39 is 55.7 Å². The van der Waals surface area contributed by atoms with Crippen molar-refractivity contribution in [3.8, 4) is 0 Å². The summed E-state index contributed by atoms with van der Waals surface area (Å²) >= 11 is 0. The highest BCUT2D eigenvalue weighted by atomic mass is 32.2. The van der Waals surface area contributed by atoms with Gasteiger partial charge in [0.15, 0.2) is 11.5 Å². The first-order valence-corrected chi connectivity index (χ1v) is 16.9. The Morgan fingerprint density at radius 3 is 1.85 bits per heavy atom. The Hall–Kier alpha value is -7.30. The second-order valence-corrected chi connectivity index (χ2v) is 12.7. The quantitative estimate of drug-likeness (QED) is 0.0550. The van der Waals surface area contributed by atoms with Crippen molar-refractivity contribution in [3.63, 3.8) is 0 Å². The Morgan fingerprint density at radius 2 is 1.21 bits per heavy atom. The number of carbonyl (C=O) groups is 5. The number of hydrogen-bond acceptors (Lipinski definition) is 11. The molecule has 264 valence electrons. The number of aliphatic carboxylic acids is 1. The molecule has 16 heteroatoms. The van der Waals surface area contributed by atoms with Gasteiger partial charge in [-0.05, 0) is 109 Å². The van der Waals surface area contributed by atoms with E-state index >= 15 is 0 Å². The van der Waals surface area contributed by atoms with Crippen LogP contribution in [0.2, 0.25) is 0 Å². The second kappa shape index (κ2) is 14.9. The van der Waals surface area contributed by atoms with E-state index in [9.17, 15) is 36.9 Å². The van der Waals surface area contributed by atoms with E-state index in [2.05, 4.69) is 31.7 Å². The van der Waals surface area contributed by atoms with Crippen molar-refractivity contribution >= 4 is 79.7 Å². The van der Waals surface area contributed by atoms with Gasteiger partial charge in [0.25, 0.3) is 21.9 Å². The monoisotopic (exact) mass is 730 g/mol. The van der Waals surface area contributed by atoms with Crippen LogP contribution < -0.4 is 21.5 Å². The van der Waals surface area contributed by atoms with Gasteiger partial charge in [-0.15, -0.1) is 0 Å². The van der Waals surface area contributed by atoms with Crippen LogP contribution >= 0.6 is 0 Å². The van der Waals surface area contributed by atoms with Gasteiger partial charge in [0, 0.05) is 28.1 Å². The van der Waals surface area contributed by atoms with Crippen LogP contribution in [0.3, 0.4) is 0 Å². The third-order valence-electron chi connectivity index (χ3n) is 7.70. The van der Waals surface area contributed by atoms with Gasteiger partial charge in [-0.2, -0.15) is 18.6 Å². The Kier molecular flexibility index (Phi) is 9.98. The van der Waals surface area contributed by atoms with Gasteiger partial charge in [-0.3, -0.25) is 34.6 Å². The van der Waals surface area contributed by atoms with Crippen molar-refractivity contribution in [2.75, 3.05) is 21.5 Å². The van der Waals surface area contributed by atoms with Crippen LogP contribution in [0.5, 0.6) is 0 Å². The van der Waals surface area contributed by atoms with Crippen LogP contribution in [-0.2, 0) is 19.7 Å². The average Bonchev–Trinajstić information content (AvgIpc) is 3.14. The van der Waals surface area contributed by atoms with Crippen LogP contribution in [0, 0.1) is 0 Å². The predicted octanol–water partition coefficient (Wildman–Crippen LogP) is 5.00. The smallest absolute Gasteiger partial charge is 0.339 e. The molecule has 2 amide bonds. The fourth-order valence-corrected chi connectivity index (χ4v) is 5.70.